The van der Waals surface area contributed by atoms with E-state index in [1.54, 1.807) is 6.20 Å². The summed E-state index contributed by atoms with van der Waals surface area (Å²) in [5.74, 6) is 0.917. The molecule has 1 fully saturated rings. The number of aromatic nitrogens is 1. The second-order valence-electron chi connectivity index (χ2n) is 6.29. The Morgan fingerprint density at radius 1 is 1.33 bits per heavy atom. The van der Waals surface area contributed by atoms with Gasteiger partial charge in [0.05, 0.1) is 11.9 Å². The van der Waals surface area contributed by atoms with E-state index in [0.717, 1.165) is 24.3 Å². The lowest BCUT2D eigenvalue weighted by Gasteiger charge is -2.35. The first-order chi connectivity index (χ1) is 10.0. The molecular formula is C16H26N4O. The highest BCUT2D eigenvalue weighted by Gasteiger charge is 2.32. The molecule has 0 atom stereocenters. The smallest absolute Gasteiger partial charge is 0.225 e. The highest BCUT2D eigenvalue weighted by Crippen LogP contribution is 2.38. The fourth-order valence-corrected chi connectivity index (χ4v) is 3.03. The molecule has 0 radical (unpaired) electrons. The van der Waals surface area contributed by atoms with Crippen LogP contribution in [0.4, 0.5) is 11.5 Å². The molecule has 1 heterocycles. The van der Waals surface area contributed by atoms with Gasteiger partial charge >= 0.3 is 0 Å². The number of rotatable bonds is 5. The Bertz CT molecular complexity index is 464. The van der Waals surface area contributed by atoms with Crippen molar-refractivity contribution in [2.24, 2.45) is 11.1 Å². The summed E-state index contributed by atoms with van der Waals surface area (Å²) < 4.78 is 0. The van der Waals surface area contributed by atoms with E-state index >= 15 is 0 Å². The van der Waals surface area contributed by atoms with Crippen molar-refractivity contribution in [3.05, 3.63) is 18.3 Å². The number of carbonyl (C=O) groups is 1. The van der Waals surface area contributed by atoms with Crippen molar-refractivity contribution >= 4 is 17.4 Å². The SMILES string of the molecule is CN(C)c1ccc(NC(=O)CC2(CN)CCCCC2)cn1. The molecule has 0 aromatic carbocycles. The largest absolute Gasteiger partial charge is 0.363 e. The zero-order chi connectivity index (χ0) is 15.3. The molecule has 2 rings (SSSR count). The van der Waals surface area contributed by atoms with Crippen LogP contribution in [0.3, 0.4) is 0 Å². The van der Waals surface area contributed by atoms with E-state index in [1.165, 1.54) is 19.3 Å². The molecule has 0 bridgehead atoms. The molecule has 1 saturated carbocycles. The molecule has 1 amide bonds. The van der Waals surface area contributed by atoms with Crippen molar-refractivity contribution in [3.63, 3.8) is 0 Å². The Morgan fingerprint density at radius 3 is 2.57 bits per heavy atom. The molecule has 21 heavy (non-hydrogen) atoms. The molecule has 0 unspecified atom stereocenters. The summed E-state index contributed by atoms with van der Waals surface area (Å²) in [7, 11) is 3.88. The van der Waals surface area contributed by atoms with Gasteiger partial charge in [0.2, 0.25) is 5.91 Å². The van der Waals surface area contributed by atoms with E-state index in [0.29, 0.717) is 13.0 Å². The van der Waals surface area contributed by atoms with E-state index in [1.807, 2.05) is 31.1 Å². The maximum Gasteiger partial charge on any atom is 0.225 e. The van der Waals surface area contributed by atoms with Crippen LogP contribution in [0.5, 0.6) is 0 Å². The number of amides is 1. The van der Waals surface area contributed by atoms with Crippen molar-refractivity contribution in [2.45, 2.75) is 38.5 Å². The topological polar surface area (TPSA) is 71.2 Å². The fraction of sp³-hybridized carbons (Fsp3) is 0.625. The van der Waals surface area contributed by atoms with Gasteiger partial charge in [-0.15, -0.1) is 0 Å². The molecule has 1 aromatic heterocycles. The van der Waals surface area contributed by atoms with Gasteiger partial charge in [-0.2, -0.15) is 0 Å². The lowest BCUT2D eigenvalue weighted by Crippen LogP contribution is -2.36. The van der Waals surface area contributed by atoms with Gasteiger partial charge in [-0.3, -0.25) is 4.79 Å². The molecule has 3 N–H and O–H groups in total. The maximum absolute atomic E-state index is 12.3. The minimum Gasteiger partial charge on any atom is -0.363 e. The number of pyridine rings is 1. The van der Waals surface area contributed by atoms with Crippen LogP contribution in [-0.4, -0.2) is 31.5 Å². The van der Waals surface area contributed by atoms with Crippen molar-refractivity contribution < 1.29 is 4.79 Å². The van der Waals surface area contributed by atoms with E-state index in [4.69, 9.17) is 5.73 Å². The summed E-state index contributed by atoms with van der Waals surface area (Å²) in [6.45, 7) is 0.595. The van der Waals surface area contributed by atoms with Crippen LogP contribution >= 0.6 is 0 Å². The Morgan fingerprint density at radius 2 is 2.05 bits per heavy atom. The van der Waals surface area contributed by atoms with Gasteiger partial charge in [0.1, 0.15) is 5.82 Å². The van der Waals surface area contributed by atoms with Gasteiger partial charge in [-0.05, 0) is 36.9 Å². The van der Waals surface area contributed by atoms with Crippen LogP contribution in [0.2, 0.25) is 0 Å². The summed E-state index contributed by atoms with van der Waals surface area (Å²) in [6, 6.07) is 3.78. The van der Waals surface area contributed by atoms with Crippen molar-refractivity contribution in [1.82, 2.24) is 4.98 Å². The zero-order valence-electron chi connectivity index (χ0n) is 13.1. The average Bonchev–Trinajstić information content (AvgIpc) is 2.48. The first-order valence-corrected chi connectivity index (χ1v) is 7.68. The molecular weight excluding hydrogens is 264 g/mol. The summed E-state index contributed by atoms with van der Waals surface area (Å²) in [6.07, 6.45) is 7.97. The van der Waals surface area contributed by atoms with Crippen LogP contribution in [0.25, 0.3) is 0 Å². The monoisotopic (exact) mass is 290 g/mol. The van der Waals surface area contributed by atoms with Gasteiger partial charge < -0.3 is 16.0 Å². The average molecular weight is 290 g/mol. The van der Waals surface area contributed by atoms with Gasteiger partial charge in [0.15, 0.2) is 0 Å². The molecule has 1 aliphatic rings. The number of nitrogens with two attached hydrogens (primary N) is 1. The quantitative estimate of drug-likeness (QED) is 0.873. The molecule has 1 aromatic rings. The number of carbonyl (C=O) groups excluding carboxylic acids is 1. The van der Waals surface area contributed by atoms with Gasteiger partial charge in [0, 0.05) is 20.5 Å². The Labute approximate surface area is 126 Å². The molecule has 5 nitrogen and oxygen atoms in total. The van der Waals surface area contributed by atoms with Crippen molar-refractivity contribution in [1.29, 1.82) is 0 Å². The van der Waals surface area contributed by atoms with Crippen LogP contribution in [-0.2, 0) is 4.79 Å². The number of anilines is 2. The normalized spacial score (nSPS) is 17.3. The highest BCUT2D eigenvalue weighted by molar-refractivity contribution is 5.91. The number of nitrogens with zero attached hydrogens (tertiary/aromatic N) is 2. The maximum atomic E-state index is 12.3. The Kier molecular flexibility index (Phi) is 5.17. The first-order valence-electron chi connectivity index (χ1n) is 7.68. The lowest BCUT2D eigenvalue weighted by molar-refractivity contribution is -0.118. The predicted octanol–water partition coefficient (Wildman–Crippen LogP) is 2.39. The second-order valence-corrected chi connectivity index (χ2v) is 6.29. The van der Waals surface area contributed by atoms with Crippen LogP contribution in [0, 0.1) is 5.41 Å². The van der Waals surface area contributed by atoms with Crippen molar-refractivity contribution in [3.8, 4) is 0 Å². The number of nitrogens with one attached hydrogen (secondary N) is 1. The number of hydrogen-bond donors (Lipinski definition) is 2. The van der Waals surface area contributed by atoms with Crippen LogP contribution in [0.1, 0.15) is 38.5 Å². The standard InChI is InChI=1S/C16H26N4O/c1-20(2)14-7-6-13(11-18-14)19-15(21)10-16(12-17)8-4-3-5-9-16/h6-7,11H,3-5,8-10,12,17H2,1-2H3,(H,19,21). The highest BCUT2D eigenvalue weighted by atomic mass is 16.1. The Hall–Kier alpha value is -1.62. The third kappa shape index (κ3) is 4.17. The van der Waals surface area contributed by atoms with Crippen LogP contribution < -0.4 is 16.0 Å². The third-order valence-electron chi connectivity index (χ3n) is 4.37. The van der Waals surface area contributed by atoms with Gasteiger partial charge in [-0.25, -0.2) is 4.98 Å². The molecule has 0 aliphatic heterocycles. The van der Waals surface area contributed by atoms with E-state index < -0.39 is 0 Å². The minimum atomic E-state index is -0.000656. The molecule has 0 spiro atoms. The van der Waals surface area contributed by atoms with Crippen LogP contribution in [0.15, 0.2) is 18.3 Å². The van der Waals surface area contributed by atoms with E-state index in [-0.39, 0.29) is 11.3 Å². The summed E-state index contributed by atoms with van der Waals surface area (Å²) >= 11 is 0. The minimum absolute atomic E-state index is 0.000656. The summed E-state index contributed by atoms with van der Waals surface area (Å²) in [5.41, 5.74) is 6.68. The molecule has 0 saturated heterocycles. The van der Waals surface area contributed by atoms with Gasteiger partial charge in [-0.1, -0.05) is 19.3 Å². The molecule has 116 valence electrons. The fourth-order valence-electron chi connectivity index (χ4n) is 3.03. The Balaban J connectivity index is 1.94. The number of hydrogen-bond acceptors (Lipinski definition) is 4. The predicted molar refractivity (Wildman–Crippen MR) is 86.4 cm³/mol. The zero-order valence-corrected chi connectivity index (χ0v) is 13.1. The third-order valence-corrected chi connectivity index (χ3v) is 4.37. The molecule has 5 heteroatoms. The van der Waals surface area contributed by atoms with E-state index in [2.05, 4.69) is 10.3 Å². The first kappa shape index (κ1) is 15.8. The molecule has 1 aliphatic carbocycles. The summed E-state index contributed by atoms with van der Waals surface area (Å²) in [4.78, 5) is 18.5. The summed E-state index contributed by atoms with van der Waals surface area (Å²) in [5, 5.41) is 2.94. The van der Waals surface area contributed by atoms with E-state index in [9.17, 15) is 4.79 Å². The second kappa shape index (κ2) is 6.89. The van der Waals surface area contributed by atoms with Gasteiger partial charge in [0.25, 0.3) is 0 Å². The van der Waals surface area contributed by atoms with Crippen molar-refractivity contribution in [2.75, 3.05) is 30.9 Å². The lowest BCUT2D eigenvalue weighted by atomic mass is 9.71.